The Hall–Kier alpha value is -3.09. The number of amides is 2. The number of aromatic amines is 2. The molecule has 0 radical (unpaired) electrons. The molecule has 0 spiro atoms. The second kappa shape index (κ2) is 8.11. The van der Waals surface area contributed by atoms with Crippen LogP contribution in [0.5, 0.6) is 0 Å². The summed E-state index contributed by atoms with van der Waals surface area (Å²) in [6.45, 7) is 6.33. The number of nitrogens with one attached hydrogen (secondary N) is 2. The second-order valence-corrected chi connectivity index (χ2v) is 7.71. The quantitative estimate of drug-likeness (QED) is 0.698. The van der Waals surface area contributed by atoms with E-state index in [1.807, 2.05) is 54.1 Å². The van der Waals surface area contributed by atoms with Crippen molar-refractivity contribution in [1.82, 2.24) is 25.0 Å². The fraction of sp³-hybridized carbons (Fsp3) is 0.409. The molecule has 0 aliphatic carbocycles. The molecule has 3 aromatic rings. The van der Waals surface area contributed by atoms with Gasteiger partial charge in [0.05, 0.1) is 12.1 Å². The van der Waals surface area contributed by atoms with Crippen molar-refractivity contribution in [2.24, 2.45) is 0 Å². The summed E-state index contributed by atoms with van der Waals surface area (Å²) >= 11 is 0. The number of rotatable bonds is 5. The lowest BCUT2D eigenvalue weighted by molar-refractivity contribution is -0.139. The van der Waals surface area contributed by atoms with Crippen molar-refractivity contribution < 1.29 is 9.59 Å². The molecule has 0 atom stereocenters. The van der Waals surface area contributed by atoms with Crippen molar-refractivity contribution in [3.63, 3.8) is 0 Å². The van der Waals surface area contributed by atoms with E-state index in [0.29, 0.717) is 45.4 Å². The molecule has 3 heterocycles. The Morgan fingerprint density at radius 2 is 1.72 bits per heavy atom. The first-order valence-electron chi connectivity index (χ1n) is 10.1. The summed E-state index contributed by atoms with van der Waals surface area (Å²) in [6.07, 6.45) is 3.48. The van der Waals surface area contributed by atoms with Crippen molar-refractivity contribution in [2.75, 3.05) is 26.2 Å². The number of H-pyrrole nitrogens is 2. The van der Waals surface area contributed by atoms with E-state index < -0.39 is 0 Å². The topological polar surface area (TPSA) is 85.1 Å². The third-order valence-electron chi connectivity index (χ3n) is 5.87. The number of piperazine rings is 1. The standard InChI is InChI=1S/C22H27N5O2/c1-15-18(16(2)25-24-15)7-8-21(28)26-9-11-27(12-10-26)22(29)13-17-14-23-20-6-4-3-5-19(17)20/h3-6,14,23H,7-13H2,1-2H3,(H,24,25). The van der Waals surface area contributed by atoms with Crippen molar-refractivity contribution >= 4 is 22.7 Å². The summed E-state index contributed by atoms with van der Waals surface area (Å²) in [5.41, 5.74) is 5.20. The molecule has 2 N–H and O–H groups in total. The third-order valence-corrected chi connectivity index (χ3v) is 5.87. The van der Waals surface area contributed by atoms with Gasteiger partial charge >= 0.3 is 0 Å². The Morgan fingerprint density at radius 3 is 2.41 bits per heavy atom. The van der Waals surface area contributed by atoms with Crippen LogP contribution < -0.4 is 0 Å². The van der Waals surface area contributed by atoms with Crippen LogP contribution in [0.15, 0.2) is 30.5 Å². The molecule has 1 aromatic carbocycles. The van der Waals surface area contributed by atoms with Gasteiger partial charge < -0.3 is 14.8 Å². The number of carbonyl (C=O) groups excluding carboxylic acids is 2. The molecule has 1 fully saturated rings. The maximum atomic E-state index is 12.7. The molecule has 1 aliphatic heterocycles. The first-order valence-corrected chi connectivity index (χ1v) is 10.1. The van der Waals surface area contributed by atoms with Crippen LogP contribution in [0.3, 0.4) is 0 Å². The van der Waals surface area contributed by atoms with Gasteiger partial charge in [0.1, 0.15) is 0 Å². The molecule has 2 amide bonds. The Kier molecular flexibility index (Phi) is 5.38. The molecular formula is C22H27N5O2. The first kappa shape index (κ1) is 19.2. The zero-order chi connectivity index (χ0) is 20.4. The highest BCUT2D eigenvalue weighted by molar-refractivity contribution is 5.89. The van der Waals surface area contributed by atoms with E-state index in [1.54, 1.807) is 0 Å². The molecule has 2 aromatic heterocycles. The molecule has 0 unspecified atom stereocenters. The van der Waals surface area contributed by atoms with Gasteiger partial charge in [-0.2, -0.15) is 5.10 Å². The number of fused-ring (bicyclic) bond motifs is 1. The number of carbonyl (C=O) groups is 2. The van der Waals surface area contributed by atoms with Crippen molar-refractivity contribution in [2.45, 2.75) is 33.1 Å². The molecule has 0 bridgehead atoms. The summed E-state index contributed by atoms with van der Waals surface area (Å²) in [6, 6.07) is 8.02. The van der Waals surface area contributed by atoms with Crippen LogP contribution in [-0.4, -0.2) is 63.0 Å². The number of hydrogen-bond donors (Lipinski definition) is 2. The fourth-order valence-electron chi connectivity index (χ4n) is 4.09. The van der Waals surface area contributed by atoms with Gasteiger partial charge in [0.15, 0.2) is 0 Å². The summed E-state index contributed by atoms with van der Waals surface area (Å²) in [5, 5.41) is 8.25. The zero-order valence-corrected chi connectivity index (χ0v) is 17.0. The Morgan fingerprint density at radius 1 is 1.03 bits per heavy atom. The maximum Gasteiger partial charge on any atom is 0.227 e. The number of benzene rings is 1. The van der Waals surface area contributed by atoms with Crippen LogP contribution in [0, 0.1) is 13.8 Å². The summed E-state index contributed by atoms with van der Waals surface area (Å²) in [5.74, 6) is 0.264. The highest BCUT2D eigenvalue weighted by Crippen LogP contribution is 2.19. The Balaban J connectivity index is 1.28. The average molecular weight is 393 g/mol. The van der Waals surface area contributed by atoms with Crippen LogP contribution in [-0.2, 0) is 22.4 Å². The Bertz CT molecular complexity index is 1010. The summed E-state index contributed by atoms with van der Waals surface area (Å²) in [7, 11) is 0. The maximum absolute atomic E-state index is 12.7. The van der Waals surface area contributed by atoms with Crippen molar-refractivity contribution in [1.29, 1.82) is 0 Å². The number of hydrogen-bond acceptors (Lipinski definition) is 3. The van der Waals surface area contributed by atoms with Crippen LogP contribution in [0.1, 0.15) is 28.9 Å². The third kappa shape index (κ3) is 4.04. The normalized spacial score (nSPS) is 14.6. The van der Waals surface area contributed by atoms with Gasteiger partial charge in [-0.3, -0.25) is 14.7 Å². The predicted molar refractivity (Wildman–Crippen MR) is 112 cm³/mol. The average Bonchev–Trinajstić information content (AvgIpc) is 3.29. The van der Waals surface area contributed by atoms with E-state index in [1.165, 1.54) is 0 Å². The zero-order valence-electron chi connectivity index (χ0n) is 17.0. The predicted octanol–water partition coefficient (Wildman–Crippen LogP) is 2.35. The second-order valence-electron chi connectivity index (χ2n) is 7.71. The van der Waals surface area contributed by atoms with Gasteiger partial charge in [-0.05, 0) is 37.5 Å². The molecule has 7 nitrogen and oxygen atoms in total. The number of nitrogens with zero attached hydrogens (tertiary/aromatic N) is 3. The van der Waals surface area contributed by atoms with E-state index >= 15 is 0 Å². The highest BCUT2D eigenvalue weighted by Gasteiger charge is 2.24. The largest absolute Gasteiger partial charge is 0.361 e. The van der Waals surface area contributed by atoms with Gasteiger partial charge in [-0.25, -0.2) is 0 Å². The van der Waals surface area contributed by atoms with Gasteiger partial charge in [0, 0.05) is 55.4 Å². The molecular weight excluding hydrogens is 366 g/mol. The lowest BCUT2D eigenvalue weighted by atomic mass is 10.1. The van der Waals surface area contributed by atoms with Gasteiger partial charge in [-0.15, -0.1) is 0 Å². The van der Waals surface area contributed by atoms with Crippen molar-refractivity contribution in [3.8, 4) is 0 Å². The molecule has 1 aliphatic rings. The van der Waals surface area contributed by atoms with Gasteiger partial charge in [0.2, 0.25) is 11.8 Å². The molecule has 152 valence electrons. The lowest BCUT2D eigenvalue weighted by Crippen LogP contribution is -2.51. The van der Waals surface area contributed by atoms with E-state index in [2.05, 4.69) is 15.2 Å². The van der Waals surface area contributed by atoms with Crippen LogP contribution in [0.25, 0.3) is 10.9 Å². The molecule has 1 saturated heterocycles. The van der Waals surface area contributed by atoms with Crippen LogP contribution >= 0.6 is 0 Å². The van der Waals surface area contributed by atoms with E-state index in [4.69, 9.17) is 0 Å². The van der Waals surface area contributed by atoms with Crippen LogP contribution in [0.4, 0.5) is 0 Å². The molecule has 4 rings (SSSR count). The molecule has 7 heteroatoms. The van der Waals surface area contributed by atoms with Gasteiger partial charge in [-0.1, -0.05) is 18.2 Å². The lowest BCUT2D eigenvalue weighted by Gasteiger charge is -2.35. The van der Waals surface area contributed by atoms with Gasteiger partial charge in [0.25, 0.3) is 0 Å². The fourth-order valence-corrected chi connectivity index (χ4v) is 4.09. The molecule has 0 saturated carbocycles. The first-order chi connectivity index (χ1) is 14.0. The minimum absolute atomic E-state index is 0.117. The number of aromatic nitrogens is 3. The molecule has 29 heavy (non-hydrogen) atoms. The summed E-state index contributed by atoms with van der Waals surface area (Å²) < 4.78 is 0. The minimum atomic E-state index is 0.117. The monoisotopic (exact) mass is 393 g/mol. The van der Waals surface area contributed by atoms with Crippen molar-refractivity contribution in [3.05, 3.63) is 53.0 Å². The summed E-state index contributed by atoms with van der Waals surface area (Å²) in [4.78, 5) is 32.3. The highest BCUT2D eigenvalue weighted by atomic mass is 16.2. The smallest absolute Gasteiger partial charge is 0.227 e. The Labute approximate surface area is 170 Å². The number of aryl methyl sites for hydroxylation is 2. The van der Waals surface area contributed by atoms with E-state index in [0.717, 1.165) is 33.4 Å². The minimum Gasteiger partial charge on any atom is -0.361 e. The van der Waals surface area contributed by atoms with E-state index in [9.17, 15) is 9.59 Å². The van der Waals surface area contributed by atoms with Crippen LogP contribution in [0.2, 0.25) is 0 Å². The number of para-hydroxylation sites is 1. The van der Waals surface area contributed by atoms with E-state index in [-0.39, 0.29) is 11.8 Å². The SMILES string of the molecule is Cc1n[nH]c(C)c1CCC(=O)N1CCN(C(=O)Cc2c[nH]c3ccccc23)CC1.